The third-order valence-electron chi connectivity index (χ3n) is 10.4. The van der Waals surface area contributed by atoms with E-state index in [2.05, 4.69) is 12.2 Å². The summed E-state index contributed by atoms with van der Waals surface area (Å²) in [6.07, 6.45) is 2.28. The third kappa shape index (κ3) is 12.9. The predicted octanol–water partition coefficient (Wildman–Crippen LogP) is 0.828. The molecule has 1 saturated carbocycles. The van der Waals surface area contributed by atoms with E-state index in [1.54, 1.807) is 6.92 Å². The number of hydrogen-bond acceptors (Lipinski definition) is 13. The monoisotopic (exact) mass is 705 g/mol. The van der Waals surface area contributed by atoms with Gasteiger partial charge in [-0.25, -0.2) is 0 Å². The van der Waals surface area contributed by atoms with Crippen molar-refractivity contribution in [2.75, 3.05) is 6.54 Å². The number of nitrogens with two attached hydrogens (primary N) is 2. The van der Waals surface area contributed by atoms with Crippen LogP contribution in [0.25, 0.3) is 0 Å². The molecule has 0 bridgehead atoms. The molecule has 11 N–H and O–H groups in total. The molecule has 49 heavy (non-hydrogen) atoms. The number of carbonyl (C=O) groups is 1. The van der Waals surface area contributed by atoms with E-state index < -0.39 is 85.7 Å². The molecule has 1 amide bonds. The van der Waals surface area contributed by atoms with Crippen LogP contribution in [0.4, 0.5) is 0 Å². The highest BCUT2D eigenvalue weighted by atomic mass is 16.7. The normalized spacial score (nSPS) is 38.4. The van der Waals surface area contributed by atoms with Crippen LogP contribution in [-0.2, 0) is 23.7 Å². The molecule has 1 aliphatic carbocycles. The molecule has 14 atom stereocenters. The minimum atomic E-state index is -1.55. The zero-order chi connectivity index (χ0) is 35.9. The van der Waals surface area contributed by atoms with Crippen LogP contribution < -0.4 is 16.8 Å². The molecule has 3 fully saturated rings. The predicted molar refractivity (Wildman–Crippen MR) is 182 cm³/mol. The molecular formula is C35H67N3O11. The maximum absolute atomic E-state index is 12.5. The molecule has 0 aromatic carbocycles. The first-order valence-electron chi connectivity index (χ1n) is 19.0. The van der Waals surface area contributed by atoms with E-state index >= 15 is 0 Å². The third-order valence-corrected chi connectivity index (χ3v) is 10.4. The maximum atomic E-state index is 12.5. The molecule has 3 rings (SSSR count). The Labute approximate surface area is 292 Å². The average Bonchev–Trinajstić information content (AvgIpc) is 3.09. The van der Waals surface area contributed by atoms with Crippen LogP contribution >= 0.6 is 0 Å². The Bertz CT molecular complexity index is 920. The number of carbonyl (C=O) groups excluding carboxylic acids is 1. The summed E-state index contributed by atoms with van der Waals surface area (Å²) in [5.41, 5.74) is 12.4. The zero-order valence-corrected chi connectivity index (χ0v) is 29.7. The van der Waals surface area contributed by atoms with E-state index in [1.807, 2.05) is 0 Å². The highest BCUT2D eigenvalue weighted by molar-refractivity contribution is 5.75. The Morgan fingerprint density at radius 3 is 1.80 bits per heavy atom. The first-order valence-corrected chi connectivity index (χ1v) is 19.0. The van der Waals surface area contributed by atoms with Crippen molar-refractivity contribution in [3.8, 4) is 0 Å². The SMILES string of the molecule is CCCCCCCCCCCCCCCC(=O)NCC1O[C@H](O[C@@H]2C(O)C(O[C@H]3OC(CC)[C@@H](O)C(O)C3O)CC[C@H]2N)C(O)[C@@H](N)[C@@H]1O. The van der Waals surface area contributed by atoms with E-state index in [0.717, 1.165) is 19.3 Å². The van der Waals surface area contributed by atoms with Crippen LogP contribution in [-0.4, -0.2) is 129 Å². The van der Waals surface area contributed by atoms with Gasteiger partial charge in [-0.15, -0.1) is 0 Å². The smallest absolute Gasteiger partial charge is 0.220 e. The lowest BCUT2D eigenvalue weighted by atomic mass is 9.87. The Morgan fingerprint density at radius 1 is 0.653 bits per heavy atom. The average molecular weight is 706 g/mol. The van der Waals surface area contributed by atoms with Crippen LogP contribution in [0, 0.1) is 0 Å². The molecule has 0 radical (unpaired) electrons. The Hall–Kier alpha value is -1.01. The Morgan fingerprint density at radius 2 is 1.20 bits per heavy atom. The van der Waals surface area contributed by atoms with Crippen molar-refractivity contribution < 1.29 is 54.4 Å². The minimum absolute atomic E-state index is 0.0482. The molecule has 0 aromatic rings. The number of ether oxygens (including phenoxy) is 4. The Kier molecular flexibility index (Phi) is 19.2. The van der Waals surface area contributed by atoms with Gasteiger partial charge in [0.1, 0.15) is 42.7 Å². The van der Waals surface area contributed by atoms with Gasteiger partial charge in [0.2, 0.25) is 5.91 Å². The highest BCUT2D eigenvalue weighted by Crippen LogP contribution is 2.32. The fourth-order valence-corrected chi connectivity index (χ4v) is 7.03. The van der Waals surface area contributed by atoms with Crippen molar-refractivity contribution in [2.45, 2.75) is 209 Å². The van der Waals surface area contributed by atoms with E-state index in [9.17, 15) is 35.4 Å². The number of unbranched alkanes of at least 4 members (excludes halogenated alkanes) is 12. The van der Waals surface area contributed by atoms with Crippen LogP contribution in [0.2, 0.25) is 0 Å². The second-order valence-corrected chi connectivity index (χ2v) is 14.3. The molecule has 2 aliphatic heterocycles. The van der Waals surface area contributed by atoms with Crippen molar-refractivity contribution in [3.05, 3.63) is 0 Å². The number of nitrogens with one attached hydrogen (secondary N) is 1. The van der Waals surface area contributed by atoms with Gasteiger partial charge in [-0.3, -0.25) is 4.79 Å². The summed E-state index contributed by atoms with van der Waals surface area (Å²) in [7, 11) is 0. The summed E-state index contributed by atoms with van der Waals surface area (Å²) < 4.78 is 23.4. The van der Waals surface area contributed by atoms with Crippen molar-refractivity contribution in [1.29, 1.82) is 0 Å². The number of aliphatic hydroxyl groups excluding tert-OH is 6. The van der Waals surface area contributed by atoms with Gasteiger partial charge in [-0.1, -0.05) is 90.9 Å². The molecule has 288 valence electrons. The highest BCUT2D eigenvalue weighted by Gasteiger charge is 2.49. The molecule has 7 unspecified atom stereocenters. The summed E-state index contributed by atoms with van der Waals surface area (Å²) in [6, 6.07) is -1.84. The summed E-state index contributed by atoms with van der Waals surface area (Å²) in [6.45, 7) is 3.94. The molecule has 0 spiro atoms. The molecular weight excluding hydrogens is 638 g/mol. The minimum Gasteiger partial charge on any atom is -0.389 e. The number of amides is 1. The molecule has 14 nitrogen and oxygen atoms in total. The molecule has 2 heterocycles. The number of hydrogen-bond donors (Lipinski definition) is 9. The van der Waals surface area contributed by atoms with E-state index in [4.69, 9.17) is 30.4 Å². The van der Waals surface area contributed by atoms with Crippen molar-refractivity contribution in [1.82, 2.24) is 5.32 Å². The summed E-state index contributed by atoms with van der Waals surface area (Å²) in [4.78, 5) is 12.5. The van der Waals surface area contributed by atoms with Gasteiger partial charge in [-0.2, -0.15) is 0 Å². The van der Waals surface area contributed by atoms with Gasteiger partial charge in [0.05, 0.1) is 24.4 Å². The topological polar surface area (TPSA) is 239 Å². The van der Waals surface area contributed by atoms with Gasteiger partial charge in [0, 0.05) is 19.0 Å². The van der Waals surface area contributed by atoms with E-state index in [0.29, 0.717) is 19.3 Å². The van der Waals surface area contributed by atoms with Gasteiger partial charge < -0.3 is 66.4 Å². The van der Waals surface area contributed by atoms with Crippen molar-refractivity contribution in [2.24, 2.45) is 11.5 Å². The molecule has 14 heteroatoms. The fourth-order valence-electron chi connectivity index (χ4n) is 7.03. The van der Waals surface area contributed by atoms with Crippen LogP contribution in [0.3, 0.4) is 0 Å². The lowest BCUT2D eigenvalue weighted by molar-refractivity contribution is -0.330. The summed E-state index contributed by atoms with van der Waals surface area (Å²) >= 11 is 0. The van der Waals surface area contributed by atoms with Gasteiger partial charge in [0.15, 0.2) is 12.6 Å². The summed E-state index contributed by atoms with van der Waals surface area (Å²) in [5, 5.41) is 66.3. The van der Waals surface area contributed by atoms with Gasteiger partial charge in [-0.05, 0) is 25.7 Å². The maximum Gasteiger partial charge on any atom is 0.220 e. The standard InChI is InChI=1S/C35H67N3O11/c1-3-5-6-7-8-9-10-11-12-13-14-15-16-17-25(39)38-20-24-27(40)26(37)30(43)34(48-24)49-33-21(36)18-19-23(29(33)42)47-35-32(45)31(44)28(41)22(4-2)46-35/h21-24,26-35,40-45H,3-20,36-37H2,1-2H3,(H,38,39)/t21-,22?,23?,24?,26+,27-,28-,29?,30?,31?,32?,33+,34-,35-/m1/s1. The van der Waals surface area contributed by atoms with E-state index in [-0.39, 0.29) is 18.9 Å². The van der Waals surface area contributed by atoms with Crippen molar-refractivity contribution >= 4 is 5.91 Å². The molecule has 3 aliphatic rings. The second kappa shape index (κ2) is 22.1. The first kappa shape index (κ1) is 42.4. The van der Waals surface area contributed by atoms with Crippen LogP contribution in [0.15, 0.2) is 0 Å². The fraction of sp³-hybridized carbons (Fsp3) is 0.971. The van der Waals surface area contributed by atoms with Crippen LogP contribution in [0.1, 0.15) is 123 Å². The number of rotatable bonds is 21. The quantitative estimate of drug-likeness (QED) is 0.0753. The first-order chi connectivity index (χ1) is 23.5. The van der Waals surface area contributed by atoms with E-state index in [1.165, 1.54) is 64.2 Å². The molecule has 0 aromatic heterocycles. The second-order valence-electron chi connectivity index (χ2n) is 14.3. The lowest BCUT2D eigenvalue weighted by Crippen LogP contribution is -2.66. The van der Waals surface area contributed by atoms with Gasteiger partial charge >= 0.3 is 0 Å². The zero-order valence-electron chi connectivity index (χ0n) is 29.7. The molecule has 2 saturated heterocycles. The largest absolute Gasteiger partial charge is 0.389 e. The lowest BCUT2D eigenvalue weighted by Gasteiger charge is -2.46. The Balaban J connectivity index is 1.40. The summed E-state index contributed by atoms with van der Waals surface area (Å²) in [5.74, 6) is -0.171. The van der Waals surface area contributed by atoms with Crippen LogP contribution in [0.5, 0.6) is 0 Å². The van der Waals surface area contributed by atoms with Crippen molar-refractivity contribution in [3.63, 3.8) is 0 Å². The van der Waals surface area contributed by atoms with Gasteiger partial charge in [0.25, 0.3) is 0 Å². The number of aliphatic hydroxyl groups is 6.